The van der Waals surface area contributed by atoms with Crippen LogP contribution in [-0.4, -0.2) is 46.4 Å². The first-order chi connectivity index (χ1) is 14.2. The van der Waals surface area contributed by atoms with Crippen molar-refractivity contribution < 1.29 is 18.1 Å². The molecule has 2 aromatic rings. The number of hydrogen-bond donors (Lipinski definition) is 1. The lowest BCUT2D eigenvalue weighted by Crippen LogP contribution is -2.43. The van der Waals surface area contributed by atoms with Gasteiger partial charge in [0.1, 0.15) is 0 Å². The number of amides is 1. The van der Waals surface area contributed by atoms with E-state index in [4.69, 9.17) is 0 Å². The third-order valence-electron chi connectivity index (χ3n) is 5.36. The molecule has 3 rings (SSSR count). The van der Waals surface area contributed by atoms with Crippen molar-refractivity contribution in [3.05, 3.63) is 52.3 Å². The number of carbonyl (C=O) groups is 1. The van der Waals surface area contributed by atoms with Crippen LogP contribution in [0.5, 0.6) is 0 Å². The summed E-state index contributed by atoms with van der Waals surface area (Å²) in [5.41, 5.74) is 0.756. The molecule has 1 unspecified atom stereocenters. The number of benzene rings is 1. The van der Waals surface area contributed by atoms with Crippen molar-refractivity contribution in [3.63, 3.8) is 0 Å². The molecule has 162 valence electrons. The predicted molar refractivity (Wildman–Crippen MR) is 109 cm³/mol. The first-order valence-corrected chi connectivity index (χ1v) is 11.2. The summed E-state index contributed by atoms with van der Waals surface area (Å²) < 4.78 is 28.7. The maximum absolute atomic E-state index is 12.8. The first kappa shape index (κ1) is 21.9. The quantitative estimate of drug-likeness (QED) is 0.524. The third kappa shape index (κ3) is 4.51. The second-order valence-electron chi connectivity index (χ2n) is 7.23. The molecule has 10 nitrogen and oxygen atoms in total. The molecule has 1 fully saturated rings. The molecule has 1 aliphatic heterocycles. The van der Waals surface area contributed by atoms with Gasteiger partial charge in [-0.1, -0.05) is 0 Å². The summed E-state index contributed by atoms with van der Waals surface area (Å²) in [7, 11) is -3.75. The minimum atomic E-state index is -3.75. The van der Waals surface area contributed by atoms with E-state index in [1.807, 2.05) is 24.6 Å². The lowest BCUT2D eigenvalue weighted by atomic mass is 9.97. The minimum absolute atomic E-state index is 0.0115. The standard InChI is InChI=1S/C19H25N5O5S/c1-3-23-18(8-11-20-23)14(2)21-19(25)15-9-12-22(13-10-15)30(28,29)17-6-4-16(5-7-17)24(26)27/h4-8,11,14-15H,3,9-10,12-13H2,1-2H3,(H,21,25). The SMILES string of the molecule is CCn1nccc1C(C)NC(=O)C1CCN(S(=O)(=O)c2ccc([N+](=O)[O-])cc2)CC1. The van der Waals surface area contributed by atoms with Crippen molar-refractivity contribution in [2.24, 2.45) is 5.92 Å². The summed E-state index contributed by atoms with van der Waals surface area (Å²) in [5, 5.41) is 18.0. The molecule has 1 atom stereocenters. The topological polar surface area (TPSA) is 127 Å². The second kappa shape index (κ2) is 8.92. The molecule has 1 aromatic heterocycles. The van der Waals surface area contributed by atoms with Crippen LogP contribution in [0.4, 0.5) is 5.69 Å². The van der Waals surface area contributed by atoms with E-state index < -0.39 is 14.9 Å². The molecule has 0 bridgehead atoms. The van der Waals surface area contributed by atoms with Crippen LogP contribution in [0.25, 0.3) is 0 Å². The molecule has 0 aliphatic carbocycles. The molecule has 1 saturated heterocycles. The fraction of sp³-hybridized carbons (Fsp3) is 0.474. The van der Waals surface area contributed by atoms with Crippen LogP contribution < -0.4 is 5.32 Å². The Hall–Kier alpha value is -2.79. The number of non-ortho nitro benzene ring substituents is 1. The Morgan fingerprint density at radius 3 is 2.47 bits per heavy atom. The van der Waals surface area contributed by atoms with E-state index in [0.717, 1.165) is 5.69 Å². The van der Waals surface area contributed by atoms with Gasteiger partial charge in [0.2, 0.25) is 15.9 Å². The number of sulfonamides is 1. The van der Waals surface area contributed by atoms with Crippen LogP contribution in [-0.2, 0) is 21.4 Å². The van der Waals surface area contributed by atoms with Gasteiger partial charge in [-0.25, -0.2) is 8.42 Å². The highest BCUT2D eigenvalue weighted by Gasteiger charge is 2.32. The molecule has 0 saturated carbocycles. The summed E-state index contributed by atoms with van der Waals surface area (Å²) in [6, 6.07) is 6.51. The van der Waals surface area contributed by atoms with Gasteiger partial charge in [-0.3, -0.25) is 19.6 Å². The van der Waals surface area contributed by atoms with Crippen LogP contribution in [0.15, 0.2) is 41.4 Å². The number of hydrogen-bond acceptors (Lipinski definition) is 6. The van der Waals surface area contributed by atoms with Crippen LogP contribution in [0.3, 0.4) is 0 Å². The van der Waals surface area contributed by atoms with Crippen molar-refractivity contribution >= 4 is 21.6 Å². The molecule has 1 aromatic carbocycles. The van der Waals surface area contributed by atoms with E-state index in [1.165, 1.54) is 28.6 Å². The van der Waals surface area contributed by atoms with Gasteiger partial charge in [0.05, 0.1) is 21.6 Å². The lowest BCUT2D eigenvalue weighted by molar-refractivity contribution is -0.384. The summed E-state index contributed by atoms with van der Waals surface area (Å²) in [4.78, 5) is 22.8. The smallest absolute Gasteiger partial charge is 0.269 e. The molecule has 1 N–H and O–H groups in total. The number of nitrogens with zero attached hydrogens (tertiary/aromatic N) is 4. The minimum Gasteiger partial charge on any atom is -0.348 e. The van der Waals surface area contributed by atoms with Crippen molar-refractivity contribution in [1.29, 1.82) is 0 Å². The first-order valence-electron chi connectivity index (χ1n) is 9.80. The van der Waals surface area contributed by atoms with Crippen molar-refractivity contribution in [2.45, 2.75) is 44.2 Å². The van der Waals surface area contributed by atoms with Gasteiger partial charge in [-0.2, -0.15) is 9.40 Å². The number of piperidine rings is 1. The Balaban J connectivity index is 1.59. The number of carbonyl (C=O) groups excluding carboxylic acids is 1. The van der Waals surface area contributed by atoms with Gasteiger partial charge in [0.25, 0.3) is 5.69 Å². The summed E-state index contributed by atoms with van der Waals surface area (Å²) in [5.74, 6) is -0.368. The highest BCUT2D eigenvalue weighted by molar-refractivity contribution is 7.89. The lowest BCUT2D eigenvalue weighted by Gasteiger charge is -2.31. The zero-order valence-electron chi connectivity index (χ0n) is 16.9. The van der Waals surface area contributed by atoms with E-state index in [-0.39, 0.29) is 41.5 Å². The number of nitro benzene ring substituents is 1. The van der Waals surface area contributed by atoms with Crippen LogP contribution in [0.1, 0.15) is 38.4 Å². The summed E-state index contributed by atoms with van der Waals surface area (Å²) in [6.45, 7) is 5.03. The number of aromatic nitrogens is 2. The average molecular weight is 436 g/mol. The van der Waals surface area contributed by atoms with Gasteiger partial charge < -0.3 is 5.32 Å². The maximum atomic E-state index is 12.8. The monoisotopic (exact) mass is 435 g/mol. The molecule has 1 aliphatic rings. The largest absolute Gasteiger partial charge is 0.348 e. The van der Waals surface area contributed by atoms with Crippen molar-refractivity contribution in [1.82, 2.24) is 19.4 Å². The average Bonchev–Trinajstić information content (AvgIpc) is 3.23. The fourth-order valence-electron chi connectivity index (χ4n) is 3.63. The van der Waals surface area contributed by atoms with Gasteiger partial charge >= 0.3 is 0 Å². The van der Waals surface area contributed by atoms with Gasteiger partial charge in [-0.05, 0) is 44.9 Å². The Labute approximate surface area is 175 Å². The van der Waals surface area contributed by atoms with Crippen LogP contribution >= 0.6 is 0 Å². The van der Waals surface area contributed by atoms with E-state index in [1.54, 1.807) is 6.20 Å². The predicted octanol–water partition coefficient (Wildman–Crippen LogP) is 2.09. The number of aryl methyl sites for hydroxylation is 1. The van der Waals surface area contributed by atoms with E-state index in [0.29, 0.717) is 19.4 Å². The fourth-order valence-corrected chi connectivity index (χ4v) is 5.10. The summed E-state index contributed by atoms with van der Waals surface area (Å²) in [6.07, 6.45) is 2.53. The zero-order valence-corrected chi connectivity index (χ0v) is 17.7. The Bertz CT molecular complexity index is 1010. The molecular weight excluding hydrogens is 410 g/mol. The number of nitro groups is 1. The Kier molecular flexibility index (Phi) is 6.52. The molecular formula is C19H25N5O5S. The zero-order chi connectivity index (χ0) is 21.9. The van der Waals surface area contributed by atoms with E-state index >= 15 is 0 Å². The van der Waals surface area contributed by atoms with Gasteiger partial charge in [0, 0.05) is 43.9 Å². The molecule has 11 heteroatoms. The van der Waals surface area contributed by atoms with Crippen molar-refractivity contribution in [3.8, 4) is 0 Å². The van der Waals surface area contributed by atoms with Crippen LogP contribution in [0.2, 0.25) is 0 Å². The maximum Gasteiger partial charge on any atom is 0.269 e. The summed E-state index contributed by atoms with van der Waals surface area (Å²) >= 11 is 0. The van der Waals surface area contributed by atoms with E-state index in [2.05, 4.69) is 10.4 Å². The molecule has 0 spiro atoms. The molecule has 2 heterocycles. The third-order valence-corrected chi connectivity index (χ3v) is 7.27. The van der Waals surface area contributed by atoms with Gasteiger partial charge in [-0.15, -0.1) is 0 Å². The number of rotatable bonds is 7. The highest BCUT2D eigenvalue weighted by atomic mass is 32.2. The van der Waals surface area contributed by atoms with Crippen LogP contribution in [0, 0.1) is 16.0 Å². The Morgan fingerprint density at radius 1 is 1.27 bits per heavy atom. The molecule has 1 amide bonds. The number of nitrogens with one attached hydrogen (secondary N) is 1. The highest BCUT2D eigenvalue weighted by Crippen LogP contribution is 2.26. The Morgan fingerprint density at radius 2 is 1.90 bits per heavy atom. The normalized spacial score (nSPS) is 16.9. The van der Waals surface area contributed by atoms with Crippen molar-refractivity contribution in [2.75, 3.05) is 13.1 Å². The second-order valence-corrected chi connectivity index (χ2v) is 9.17. The molecule has 0 radical (unpaired) electrons. The molecule has 30 heavy (non-hydrogen) atoms. The van der Waals surface area contributed by atoms with Gasteiger partial charge in [0.15, 0.2) is 0 Å². The van der Waals surface area contributed by atoms with E-state index in [9.17, 15) is 23.3 Å².